The van der Waals surface area contributed by atoms with Crippen LogP contribution < -0.4 is 19.1 Å². The topological polar surface area (TPSA) is 65.9 Å². The van der Waals surface area contributed by atoms with Gasteiger partial charge in [0.1, 0.15) is 5.75 Å². The fraction of sp³-hybridized carbons (Fsp3) is 0.500. The molecule has 1 aromatic heterocycles. The van der Waals surface area contributed by atoms with Gasteiger partial charge in [0.2, 0.25) is 11.9 Å². The maximum atomic E-state index is 5.77. The van der Waals surface area contributed by atoms with Crippen molar-refractivity contribution in [1.29, 1.82) is 0 Å². The number of anilines is 1. The smallest absolute Gasteiger partial charge is 0.231 e. The van der Waals surface area contributed by atoms with Gasteiger partial charge in [0.15, 0.2) is 15.8 Å². The van der Waals surface area contributed by atoms with Crippen molar-refractivity contribution in [3.8, 4) is 17.2 Å². The Morgan fingerprint density at radius 1 is 1.16 bits per heavy atom. The van der Waals surface area contributed by atoms with Crippen molar-refractivity contribution in [1.82, 2.24) is 10.2 Å². The van der Waals surface area contributed by atoms with Crippen LogP contribution >= 0.6 is 23.1 Å². The molecule has 0 N–H and O–H groups in total. The Morgan fingerprint density at radius 3 is 2.96 bits per heavy atom. The van der Waals surface area contributed by atoms with E-state index in [1.807, 2.05) is 18.2 Å². The molecular formula is C16H19N3O4S2. The van der Waals surface area contributed by atoms with Crippen molar-refractivity contribution in [2.75, 3.05) is 50.4 Å². The fourth-order valence-corrected chi connectivity index (χ4v) is 4.39. The Kier molecular flexibility index (Phi) is 5.43. The average molecular weight is 381 g/mol. The predicted molar refractivity (Wildman–Crippen MR) is 96.3 cm³/mol. The van der Waals surface area contributed by atoms with Crippen molar-refractivity contribution in [2.24, 2.45) is 0 Å². The summed E-state index contributed by atoms with van der Waals surface area (Å²) in [6.45, 7) is 4.25. The second kappa shape index (κ2) is 8.11. The largest absolute Gasteiger partial charge is 0.493 e. The zero-order valence-electron chi connectivity index (χ0n) is 13.7. The van der Waals surface area contributed by atoms with Crippen LogP contribution in [0.15, 0.2) is 22.5 Å². The normalized spacial score (nSPS) is 16.2. The van der Waals surface area contributed by atoms with Crippen LogP contribution in [-0.4, -0.2) is 55.7 Å². The van der Waals surface area contributed by atoms with Gasteiger partial charge < -0.3 is 23.8 Å². The molecule has 9 heteroatoms. The molecule has 25 heavy (non-hydrogen) atoms. The zero-order chi connectivity index (χ0) is 16.9. The van der Waals surface area contributed by atoms with Gasteiger partial charge in [-0.2, -0.15) is 0 Å². The molecule has 7 nitrogen and oxygen atoms in total. The molecule has 1 saturated heterocycles. The lowest BCUT2D eigenvalue weighted by Gasteiger charge is -2.25. The van der Waals surface area contributed by atoms with Crippen molar-refractivity contribution in [3.63, 3.8) is 0 Å². The first-order chi connectivity index (χ1) is 12.4. The minimum atomic E-state index is 0.281. The van der Waals surface area contributed by atoms with E-state index >= 15 is 0 Å². The van der Waals surface area contributed by atoms with Crippen LogP contribution in [0.4, 0.5) is 5.13 Å². The van der Waals surface area contributed by atoms with E-state index in [2.05, 4.69) is 15.1 Å². The van der Waals surface area contributed by atoms with Crippen LogP contribution in [0.5, 0.6) is 17.2 Å². The molecule has 0 unspecified atom stereocenters. The standard InChI is InChI=1S/C16H19N3O4S2/c1(6-21-12-2-3-13-14(10-12)23-11-22-13)9-24-16-18-17-15(25-16)19-4-7-20-8-5-19/h2-3,10H,1,4-9,11H2. The molecule has 1 fully saturated rings. The van der Waals surface area contributed by atoms with Crippen LogP contribution in [0.1, 0.15) is 6.42 Å². The molecule has 0 atom stereocenters. The van der Waals surface area contributed by atoms with E-state index < -0.39 is 0 Å². The number of fused-ring (bicyclic) bond motifs is 1. The molecular weight excluding hydrogens is 362 g/mol. The number of thioether (sulfide) groups is 1. The lowest BCUT2D eigenvalue weighted by atomic mass is 10.3. The van der Waals surface area contributed by atoms with E-state index in [1.54, 1.807) is 23.1 Å². The molecule has 0 amide bonds. The molecule has 0 saturated carbocycles. The van der Waals surface area contributed by atoms with Crippen LogP contribution in [-0.2, 0) is 4.74 Å². The van der Waals surface area contributed by atoms with Crippen molar-refractivity contribution < 1.29 is 18.9 Å². The maximum Gasteiger partial charge on any atom is 0.231 e. The summed E-state index contributed by atoms with van der Waals surface area (Å²) in [6, 6.07) is 5.65. The monoisotopic (exact) mass is 381 g/mol. The molecule has 2 aliphatic rings. The van der Waals surface area contributed by atoms with Crippen LogP contribution in [0, 0.1) is 0 Å². The first-order valence-electron chi connectivity index (χ1n) is 8.20. The first-order valence-corrected chi connectivity index (χ1v) is 10.0. The van der Waals surface area contributed by atoms with Gasteiger partial charge in [-0.3, -0.25) is 0 Å². The van der Waals surface area contributed by atoms with E-state index in [0.29, 0.717) is 6.61 Å². The Morgan fingerprint density at radius 2 is 2.04 bits per heavy atom. The number of rotatable bonds is 7. The number of hydrogen-bond donors (Lipinski definition) is 0. The van der Waals surface area contributed by atoms with Gasteiger partial charge in [0, 0.05) is 24.9 Å². The van der Waals surface area contributed by atoms with E-state index in [0.717, 1.165) is 65.2 Å². The van der Waals surface area contributed by atoms with Crippen LogP contribution in [0.3, 0.4) is 0 Å². The summed E-state index contributed by atoms with van der Waals surface area (Å²) in [6.07, 6.45) is 0.936. The fourth-order valence-electron chi connectivity index (χ4n) is 2.52. The molecule has 0 spiro atoms. The van der Waals surface area contributed by atoms with Crippen molar-refractivity contribution in [2.45, 2.75) is 10.8 Å². The molecule has 1 aromatic carbocycles. The number of hydrogen-bond acceptors (Lipinski definition) is 9. The SMILES string of the molecule is c1cc2c(cc1OCCCSc1nnc(N3CCOCC3)s1)OCO2. The van der Waals surface area contributed by atoms with Crippen molar-refractivity contribution >= 4 is 28.2 Å². The summed E-state index contributed by atoms with van der Waals surface area (Å²) >= 11 is 3.37. The highest BCUT2D eigenvalue weighted by molar-refractivity contribution is 8.01. The lowest BCUT2D eigenvalue weighted by molar-refractivity contribution is 0.122. The van der Waals surface area contributed by atoms with Gasteiger partial charge >= 0.3 is 0 Å². The third kappa shape index (κ3) is 4.28. The Bertz CT molecular complexity index is 706. The first kappa shape index (κ1) is 16.7. The summed E-state index contributed by atoms with van der Waals surface area (Å²) < 4.78 is 22.8. The molecule has 0 radical (unpaired) electrons. The minimum Gasteiger partial charge on any atom is -0.493 e. The Balaban J connectivity index is 1.18. The molecule has 0 aliphatic carbocycles. The summed E-state index contributed by atoms with van der Waals surface area (Å²) in [4.78, 5) is 2.23. The Labute approximate surface area is 154 Å². The number of morpholine rings is 1. The van der Waals surface area contributed by atoms with Crippen molar-refractivity contribution in [3.05, 3.63) is 18.2 Å². The zero-order valence-corrected chi connectivity index (χ0v) is 15.3. The minimum absolute atomic E-state index is 0.281. The third-order valence-electron chi connectivity index (χ3n) is 3.80. The summed E-state index contributed by atoms with van der Waals surface area (Å²) in [7, 11) is 0. The maximum absolute atomic E-state index is 5.77. The number of benzene rings is 1. The second-order valence-electron chi connectivity index (χ2n) is 5.52. The van der Waals surface area contributed by atoms with E-state index in [4.69, 9.17) is 18.9 Å². The predicted octanol–water partition coefficient (Wildman–Crippen LogP) is 2.66. The Hall–Kier alpha value is -1.71. The quantitative estimate of drug-likeness (QED) is 0.536. The molecule has 2 aliphatic heterocycles. The van der Waals surface area contributed by atoms with Crippen LogP contribution in [0.2, 0.25) is 0 Å². The summed E-state index contributed by atoms with van der Waals surface area (Å²) in [5.41, 5.74) is 0. The highest BCUT2D eigenvalue weighted by Gasteiger charge is 2.16. The van der Waals surface area contributed by atoms with E-state index in [1.165, 1.54) is 0 Å². The average Bonchev–Trinajstić information content (AvgIpc) is 3.31. The molecule has 0 bridgehead atoms. The van der Waals surface area contributed by atoms with Gasteiger partial charge in [-0.25, -0.2) is 0 Å². The molecule has 3 heterocycles. The van der Waals surface area contributed by atoms with Crippen LogP contribution in [0.25, 0.3) is 0 Å². The van der Waals surface area contributed by atoms with E-state index in [-0.39, 0.29) is 6.79 Å². The number of aromatic nitrogens is 2. The van der Waals surface area contributed by atoms with Gasteiger partial charge in [-0.1, -0.05) is 23.1 Å². The lowest BCUT2D eigenvalue weighted by Crippen LogP contribution is -2.36. The third-order valence-corrected chi connectivity index (χ3v) is 6.01. The number of ether oxygens (including phenoxy) is 4. The van der Waals surface area contributed by atoms with Gasteiger partial charge in [0.05, 0.1) is 19.8 Å². The molecule has 2 aromatic rings. The van der Waals surface area contributed by atoms with Gasteiger partial charge in [-0.15, -0.1) is 10.2 Å². The van der Waals surface area contributed by atoms with E-state index in [9.17, 15) is 0 Å². The summed E-state index contributed by atoms with van der Waals surface area (Å²) in [5, 5.41) is 9.53. The molecule has 134 valence electrons. The van der Waals surface area contributed by atoms with Gasteiger partial charge in [0.25, 0.3) is 0 Å². The highest BCUT2D eigenvalue weighted by atomic mass is 32.2. The highest BCUT2D eigenvalue weighted by Crippen LogP contribution is 2.35. The van der Waals surface area contributed by atoms with Gasteiger partial charge in [-0.05, 0) is 18.6 Å². The molecule has 4 rings (SSSR count). The number of nitrogens with zero attached hydrogens (tertiary/aromatic N) is 3. The second-order valence-corrected chi connectivity index (χ2v) is 7.81. The summed E-state index contributed by atoms with van der Waals surface area (Å²) in [5.74, 6) is 3.27.